The number of ether oxygens (including phenoxy) is 3. The van der Waals surface area contributed by atoms with Crippen LogP contribution in [0.2, 0.25) is 0 Å². The zero-order chi connectivity index (χ0) is 25.7. The molecule has 9 nitrogen and oxygen atoms in total. The lowest BCUT2D eigenvalue weighted by molar-refractivity contribution is -0.132. The lowest BCUT2D eigenvalue weighted by Gasteiger charge is -2.29. The van der Waals surface area contributed by atoms with Gasteiger partial charge in [-0.25, -0.2) is 0 Å². The van der Waals surface area contributed by atoms with Gasteiger partial charge in [-0.2, -0.15) is 0 Å². The molecule has 1 amide bonds. The molecule has 0 aliphatic carbocycles. The molecule has 2 aromatic carbocycles. The Morgan fingerprint density at radius 3 is 2.89 bits per heavy atom. The molecule has 4 aromatic rings. The third-order valence-corrected chi connectivity index (χ3v) is 7.09. The Morgan fingerprint density at radius 2 is 2.05 bits per heavy atom. The maximum absolute atomic E-state index is 13.7. The third-order valence-electron chi connectivity index (χ3n) is 7.09. The Balaban J connectivity index is 1.37. The second-order valence-electron chi connectivity index (χ2n) is 9.34. The van der Waals surface area contributed by atoms with Crippen molar-refractivity contribution in [3.63, 3.8) is 0 Å². The topological polar surface area (TPSA) is 114 Å². The normalized spacial score (nSPS) is 15.0. The van der Waals surface area contributed by atoms with Gasteiger partial charge in [0.15, 0.2) is 17.3 Å². The molecule has 6 rings (SSSR count). The summed E-state index contributed by atoms with van der Waals surface area (Å²) >= 11 is 0. The van der Waals surface area contributed by atoms with Crippen molar-refractivity contribution in [2.24, 2.45) is 0 Å². The highest BCUT2D eigenvalue weighted by molar-refractivity contribution is 5.86. The van der Waals surface area contributed by atoms with Crippen molar-refractivity contribution in [1.82, 2.24) is 9.88 Å². The molecule has 0 fully saturated rings. The van der Waals surface area contributed by atoms with Crippen LogP contribution in [0.15, 0.2) is 51.7 Å². The van der Waals surface area contributed by atoms with E-state index in [1.165, 1.54) is 24.1 Å². The van der Waals surface area contributed by atoms with Crippen LogP contribution >= 0.6 is 0 Å². The SMILES string of the molecule is COc1cc([C@H](CC(=O)N2CCc3c([nH]c4ccccc34)C2)c2oc(C)cc(=O)c2O)cc2c1OCO2. The van der Waals surface area contributed by atoms with E-state index in [1.807, 2.05) is 18.2 Å². The predicted molar refractivity (Wildman–Crippen MR) is 134 cm³/mol. The predicted octanol–water partition coefficient (Wildman–Crippen LogP) is 3.98. The zero-order valence-electron chi connectivity index (χ0n) is 20.5. The number of carbonyl (C=O) groups excluding carboxylic acids is 1. The fraction of sp³-hybridized carbons (Fsp3) is 0.286. The largest absolute Gasteiger partial charge is 0.502 e. The highest BCUT2D eigenvalue weighted by Crippen LogP contribution is 2.45. The van der Waals surface area contributed by atoms with Gasteiger partial charge in [-0.3, -0.25) is 9.59 Å². The van der Waals surface area contributed by atoms with Gasteiger partial charge in [0, 0.05) is 35.6 Å². The van der Waals surface area contributed by atoms with Gasteiger partial charge in [0.2, 0.25) is 29.6 Å². The van der Waals surface area contributed by atoms with E-state index < -0.39 is 17.1 Å². The molecule has 190 valence electrons. The van der Waals surface area contributed by atoms with Crippen LogP contribution in [-0.4, -0.2) is 41.3 Å². The summed E-state index contributed by atoms with van der Waals surface area (Å²) in [6.45, 7) is 2.69. The number of nitrogens with zero attached hydrogens (tertiary/aromatic N) is 1. The Kier molecular flexibility index (Phi) is 5.55. The molecule has 9 heteroatoms. The van der Waals surface area contributed by atoms with Crippen LogP contribution in [0.5, 0.6) is 23.0 Å². The number of aromatic amines is 1. The number of para-hydroxylation sites is 1. The molecule has 0 saturated carbocycles. The van der Waals surface area contributed by atoms with Crippen molar-refractivity contribution >= 4 is 16.8 Å². The number of aromatic nitrogens is 1. The first-order valence-corrected chi connectivity index (χ1v) is 12.1. The smallest absolute Gasteiger partial charge is 0.231 e. The second kappa shape index (κ2) is 8.92. The molecule has 4 heterocycles. The highest BCUT2D eigenvalue weighted by atomic mass is 16.7. The number of rotatable bonds is 5. The molecule has 2 aliphatic rings. The minimum atomic E-state index is -0.757. The van der Waals surface area contributed by atoms with Crippen LogP contribution in [0.1, 0.15) is 40.7 Å². The van der Waals surface area contributed by atoms with Crippen LogP contribution in [0.3, 0.4) is 0 Å². The van der Waals surface area contributed by atoms with E-state index in [-0.39, 0.29) is 24.9 Å². The number of amides is 1. The first-order valence-electron chi connectivity index (χ1n) is 12.1. The number of benzene rings is 2. The molecule has 0 bridgehead atoms. The molecular weight excluding hydrogens is 476 g/mol. The number of fused-ring (bicyclic) bond motifs is 4. The number of methoxy groups -OCH3 is 1. The molecule has 2 N–H and O–H groups in total. The van der Waals surface area contributed by atoms with Crippen LogP contribution < -0.4 is 19.6 Å². The van der Waals surface area contributed by atoms with Gasteiger partial charge in [0.05, 0.1) is 19.6 Å². The van der Waals surface area contributed by atoms with Crippen molar-refractivity contribution in [1.29, 1.82) is 0 Å². The lowest BCUT2D eigenvalue weighted by atomic mass is 9.90. The average molecular weight is 503 g/mol. The molecule has 2 aliphatic heterocycles. The summed E-state index contributed by atoms with van der Waals surface area (Å²) < 4.78 is 22.4. The van der Waals surface area contributed by atoms with E-state index in [4.69, 9.17) is 18.6 Å². The van der Waals surface area contributed by atoms with Crippen LogP contribution in [0.4, 0.5) is 0 Å². The van der Waals surface area contributed by atoms with Crippen molar-refractivity contribution < 1.29 is 28.5 Å². The standard InChI is InChI=1S/C28H26N2O7/c1-15-9-22(31)26(33)27(37-15)19(16-10-23(34-2)28-24(11-16)35-14-36-28)12-25(32)30-8-7-18-17-5-3-4-6-20(17)29-21(18)13-30/h3-6,9-11,19,29,33H,7-8,12-14H2,1-2H3/t19-/m0/s1. The van der Waals surface area contributed by atoms with Crippen LogP contribution in [0.25, 0.3) is 10.9 Å². The summed E-state index contributed by atoms with van der Waals surface area (Å²) in [4.78, 5) is 31.3. The van der Waals surface area contributed by atoms with E-state index in [2.05, 4.69) is 11.1 Å². The van der Waals surface area contributed by atoms with Gasteiger partial charge in [0.1, 0.15) is 5.76 Å². The Labute approximate surface area is 212 Å². The third kappa shape index (κ3) is 3.96. The average Bonchev–Trinajstić information content (AvgIpc) is 3.52. The van der Waals surface area contributed by atoms with E-state index in [9.17, 15) is 14.7 Å². The summed E-state index contributed by atoms with van der Waals surface area (Å²) in [5, 5.41) is 11.9. The van der Waals surface area contributed by atoms with E-state index >= 15 is 0 Å². The van der Waals surface area contributed by atoms with E-state index in [0.717, 1.165) is 17.6 Å². The number of aryl methyl sites for hydroxylation is 1. The van der Waals surface area contributed by atoms with Gasteiger partial charge < -0.3 is 33.6 Å². The fourth-order valence-corrected chi connectivity index (χ4v) is 5.28. The molecule has 0 saturated heterocycles. The summed E-state index contributed by atoms with van der Waals surface area (Å²) in [5.41, 5.74) is 3.34. The van der Waals surface area contributed by atoms with Crippen molar-refractivity contribution in [2.75, 3.05) is 20.4 Å². The van der Waals surface area contributed by atoms with Gasteiger partial charge in [-0.05, 0) is 42.7 Å². The number of carbonyl (C=O) groups is 1. The van der Waals surface area contributed by atoms with Crippen molar-refractivity contribution in [2.45, 2.75) is 32.2 Å². The molecular formula is C28H26N2O7. The second-order valence-corrected chi connectivity index (χ2v) is 9.34. The summed E-state index contributed by atoms with van der Waals surface area (Å²) in [5.74, 6) is 0.318. The maximum atomic E-state index is 13.7. The first kappa shape index (κ1) is 23.0. The van der Waals surface area contributed by atoms with Gasteiger partial charge in [0.25, 0.3) is 0 Å². The molecule has 0 spiro atoms. The number of hydrogen-bond donors (Lipinski definition) is 2. The van der Waals surface area contributed by atoms with Crippen molar-refractivity contribution in [3.8, 4) is 23.0 Å². The number of aromatic hydroxyl groups is 1. The summed E-state index contributed by atoms with van der Waals surface area (Å²) in [6, 6.07) is 12.8. The van der Waals surface area contributed by atoms with E-state index in [1.54, 1.807) is 24.0 Å². The van der Waals surface area contributed by atoms with Crippen LogP contribution in [-0.2, 0) is 17.8 Å². The number of nitrogens with one attached hydrogen (secondary N) is 1. The molecule has 0 radical (unpaired) electrons. The molecule has 37 heavy (non-hydrogen) atoms. The van der Waals surface area contributed by atoms with Gasteiger partial charge in [-0.15, -0.1) is 0 Å². The zero-order valence-corrected chi connectivity index (χ0v) is 20.5. The Bertz CT molecular complexity index is 1590. The number of hydrogen-bond acceptors (Lipinski definition) is 7. The fourth-order valence-electron chi connectivity index (χ4n) is 5.28. The first-order chi connectivity index (χ1) is 17.9. The maximum Gasteiger partial charge on any atom is 0.231 e. The minimum absolute atomic E-state index is 0.0295. The summed E-state index contributed by atoms with van der Waals surface area (Å²) in [6.07, 6.45) is 0.705. The van der Waals surface area contributed by atoms with Gasteiger partial charge in [-0.1, -0.05) is 18.2 Å². The minimum Gasteiger partial charge on any atom is -0.502 e. The summed E-state index contributed by atoms with van der Waals surface area (Å²) in [7, 11) is 1.51. The van der Waals surface area contributed by atoms with E-state index in [0.29, 0.717) is 41.7 Å². The molecule has 1 atom stereocenters. The highest BCUT2D eigenvalue weighted by Gasteiger charge is 2.32. The Hall–Kier alpha value is -4.40. The molecule has 0 unspecified atom stereocenters. The van der Waals surface area contributed by atoms with Gasteiger partial charge >= 0.3 is 0 Å². The lowest BCUT2D eigenvalue weighted by Crippen LogP contribution is -2.36. The Morgan fingerprint density at radius 1 is 1.22 bits per heavy atom. The molecule has 2 aromatic heterocycles. The quantitative estimate of drug-likeness (QED) is 0.424. The number of H-pyrrole nitrogens is 1. The van der Waals surface area contributed by atoms with Crippen molar-refractivity contribution in [3.05, 3.63) is 81.0 Å². The monoisotopic (exact) mass is 502 g/mol. The van der Waals surface area contributed by atoms with Crippen LogP contribution in [0, 0.1) is 6.92 Å².